The molecule has 0 fully saturated rings. The van der Waals surface area contributed by atoms with Crippen molar-refractivity contribution in [2.24, 2.45) is 5.73 Å². The van der Waals surface area contributed by atoms with Crippen LogP contribution in [0.4, 0.5) is 0 Å². The Morgan fingerprint density at radius 1 is 1.06 bits per heavy atom. The smallest absolute Gasteiger partial charge is 0.328 e. The predicted molar refractivity (Wildman–Crippen MR) is 62.5 cm³/mol. The van der Waals surface area contributed by atoms with Gasteiger partial charge in [-0.15, -0.1) is 0 Å². The molecule has 0 aromatic heterocycles. The first-order valence-corrected chi connectivity index (χ1v) is 5.44. The summed E-state index contributed by atoms with van der Waals surface area (Å²) in [5.41, 5.74) is 5.30. The first-order chi connectivity index (χ1) is 8.16. The summed E-state index contributed by atoms with van der Waals surface area (Å²) in [6.45, 7) is 4.08. The van der Waals surface area contributed by atoms with Crippen LogP contribution in [0.3, 0.4) is 0 Å². The van der Waals surface area contributed by atoms with Crippen LogP contribution in [0, 0.1) is 0 Å². The van der Waals surface area contributed by atoms with Crippen LogP contribution in [0.25, 0.3) is 0 Å². The van der Waals surface area contributed by atoms with Crippen molar-refractivity contribution in [2.75, 3.05) is 0 Å². The van der Waals surface area contributed by atoms with Crippen molar-refractivity contribution in [3.05, 3.63) is 0 Å². The zero-order valence-electron chi connectivity index (χ0n) is 10.5. The molecule has 104 valence electrons. The first kappa shape index (κ1) is 16.3. The molecule has 0 aliphatic heterocycles. The van der Waals surface area contributed by atoms with Gasteiger partial charge < -0.3 is 26.6 Å². The number of amides is 2. The Morgan fingerprint density at radius 2 is 1.56 bits per heavy atom. The Balaban J connectivity index is 4.47. The molecule has 0 saturated carbocycles. The molecule has 0 spiro atoms. The number of aliphatic carboxylic acids is 1. The summed E-state index contributed by atoms with van der Waals surface area (Å²) in [5, 5.41) is 22.4. The van der Waals surface area contributed by atoms with E-state index in [0.29, 0.717) is 0 Å². The van der Waals surface area contributed by atoms with Gasteiger partial charge in [0.2, 0.25) is 11.8 Å². The molecular formula is C10H19N3O5. The number of rotatable bonds is 6. The lowest BCUT2D eigenvalue weighted by Crippen LogP contribution is -2.55. The maximum atomic E-state index is 11.6. The summed E-state index contributed by atoms with van der Waals surface area (Å²) in [6.07, 6.45) is -1.25. The fraction of sp³-hybridized carbons (Fsp3) is 0.700. The normalized spacial score (nSPS) is 17.2. The monoisotopic (exact) mass is 261 g/mol. The van der Waals surface area contributed by atoms with Crippen molar-refractivity contribution in [1.29, 1.82) is 0 Å². The summed E-state index contributed by atoms with van der Waals surface area (Å²) >= 11 is 0. The number of carboxylic acids is 1. The number of carbonyl (C=O) groups is 3. The van der Waals surface area contributed by atoms with Crippen molar-refractivity contribution in [2.45, 2.75) is 45.0 Å². The molecule has 0 aliphatic rings. The molecule has 0 saturated heterocycles. The topological polar surface area (TPSA) is 142 Å². The number of aliphatic hydroxyl groups excluding tert-OH is 1. The number of nitrogens with one attached hydrogen (secondary N) is 2. The summed E-state index contributed by atoms with van der Waals surface area (Å²) < 4.78 is 0. The van der Waals surface area contributed by atoms with Crippen LogP contribution in [-0.4, -0.2) is 52.2 Å². The van der Waals surface area contributed by atoms with E-state index in [9.17, 15) is 19.5 Å². The molecule has 0 heterocycles. The van der Waals surface area contributed by atoms with Crippen LogP contribution >= 0.6 is 0 Å². The van der Waals surface area contributed by atoms with E-state index in [4.69, 9.17) is 10.8 Å². The van der Waals surface area contributed by atoms with Crippen molar-refractivity contribution in [3.63, 3.8) is 0 Å². The van der Waals surface area contributed by atoms with E-state index in [1.54, 1.807) is 0 Å². The fourth-order valence-electron chi connectivity index (χ4n) is 1.08. The van der Waals surface area contributed by atoms with Gasteiger partial charge in [-0.1, -0.05) is 0 Å². The molecule has 0 radical (unpaired) electrons. The van der Waals surface area contributed by atoms with Crippen LogP contribution in [0.1, 0.15) is 20.8 Å². The fourth-order valence-corrected chi connectivity index (χ4v) is 1.08. The van der Waals surface area contributed by atoms with E-state index in [2.05, 4.69) is 10.6 Å². The van der Waals surface area contributed by atoms with E-state index in [1.807, 2.05) is 0 Å². The second-order valence-electron chi connectivity index (χ2n) is 4.08. The molecule has 8 nitrogen and oxygen atoms in total. The van der Waals surface area contributed by atoms with Gasteiger partial charge in [0.1, 0.15) is 6.04 Å². The molecule has 18 heavy (non-hydrogen) atoms. The molecule has 0 unspecified atom stereocenters. The van der Waals surface area contributed by atoms with Crippen molar-refractivity contribution in [1.82, 2.24) is 10.6 Å². The van der Waals surface area contributed by atoms with E-state index in [-0.39, 0.29) is 0 Å². The molecule has 0 bridgehead atoms. The Labute approximate surface area is 105 Å². The third-order valence-electron chi connectivity index (χ3n) is 2.21. The molecule has 2 amide bonds. The zero-order chi connectivity index (χ0) is 14.5. The van der Waals surface area contributed by atoms with Crippen LogP contribution < -0.4 is 16.4 Å². The lowest BCUT2D eigenvalue weighted by molar-refractivity contribution is -0.145. The third kappa shape index (κ3) is 5.11. The number of carbonyl (C=O) groups excluding carboxylic acids is 2. The molecule has 6 N–H and O–H groups in total. The Kier molecular flexibility index (Phi) is 6.28. The van der Waals surface area contributed by atoms with Gasteiger partial charge in [0.15, 0.2) is 6.04 Å². The van der Waals surface area contributed by atoms with Crippen molar-refractivity contribution < 1.29 is 24.6 Å². The molecule has 4 atom stereocenters. The van der Waals surface area contributed by atoms with Gasteiger partial charge >= 0.3 is 5.97 Å². The maximum Gasteiger partial charge on any atom is 0.328 e. The van der Waals surface area contributed by atoms with Crippen molar-refractivity contribution >= 4 is 17.8 Å². The van der Waals surface area contributed by atoms with E-state index in [0.717, 1.165) is 0 Å². The molecule has 0 aromatic rings. The van der Waals surface area contributed by atoms with Gasteiger partial charge in [0, 0.05) is 0 Å². The van der Waals surface area contributed by atoms with Crippen molar-refractivity contribution in [3.8, 4) is 0 Å². The average molecular weight is 261 g/mol. The standard InChI is InChI=1S/C10H19N3O5/c1-4(11)8(15)12-5(2)9(16)13-7(6(3)14)10(17)18/h4-7,14H,11H2,1-3H3,(H,12,15)(H,13,16)(H,17,18)/t4-,5-,6+,7-/m0/s1. The summed E-state index contributed by atoms with van der Waals surface area (Å²) in [4.78, 5) is 33.6. The van der Waals surface area contributed by atoms with Gasteiger partial charge in [-0.3, -0.25) is 9.59 Å². The molecule has 8 heteroatoms. The molecule has 0 aromatic carbocycles. The predicted octanol–water partition coefficient (Wildman–Crippen LogP) is -2.21. The minimum atomic E-state index is -1.42. The summed E-state index contributed by atoms with van der Waals surface area (Å²) in [7, 11) is 0. The Hall–Kier alpha value is -1.67. The van der Waals surface area contributed by atoms with Gasteiger partial charge in [0.05, 0.1) is 12.1 Å². The largest absolute Gasteiger partial charge is 0.480 e. The highest BCUT2D eigenvalue weighted by atomic mass is 16.4. The number of hydrogen-bond donors (Lipinski definition) is 5. The number of carboxylic acid groups (broad SMARTS) is 1. The van der Waals surface area contributed by atoms with E-state index in [1.165, 1.54) is 20.8 Å². The third-order valence-corrected chi connectivity index (χ3v) is 2.21. The van der Waals surface area contributed by atoms with E-state index >= 15 is 0 Å². The summed E-state index contributed by atoms with van der Waals surface area (Å²) in [5.74, 6) is -2.59. The van der Waals surface area contributed by atoms with Crippen LogP contribution in [0.5, 0.6) is 0 Å². The lowest BCUT2D eigenvalue weighted by atomic mass is 10.1. The number of aliphatic hydroxyl groups is 1. The summed E-state index contributed by atoms with van der Waals surface area (Å²) in [6, 6.07) is -3.14. The minimum Gasteiger partial charge on any atom is -0.480 e. The van der Waals surface area contributed by atoms with Gasteiger partial charge in [0.25, 0.3) is 0 Å². The second kappa shape index (κ2) is 6.92. The lowest BCUT2D eigenvalue weighted by Gasteiger charge is -2.20. The quantitative estimate of drug-likeness (QED) is 0.367. The van der Waals surface area contributed by atoms with Crippen LogP contribution in [0.15, 0.2) is 0 Å². The zero-order valence-corrected chi connectivity index (χ0v) is 10.5. The Bertz CT molecular complexity index is 329. The number of nitrogens with two attached hydrogens (primary N) is 1. The Morgan fingerprint density at radius 3 is 1.89 bits per heavy atom. The van der Waals surface area contributed by atoms with Crippen LogP contribution in [-0.2, 0) is 14.4 Å². The van der Waals surface area contributed by atoms with Gasteiger partial charge in [-0.05, 0) is 20.8 Å². The molecule has 0 rings (SSSR count). The molecular weight excluding hydrogens is 242 g/mol. The van der Waals surface area contributed by atoms with Gasteiger partial charge in [-0.25, -0.2) is 4.79 Å². The highest BCUT2D eigenvalue weighted by Gasteiger charge is 2.27. The first-order valence-electron chi connectivity index (χ1n) is 5.44. The van der Waals surface area contributed by atoms with Gasteiger partial charge in [-0.2, -0.15) is 0 Å². The average Bonchev–Trinajstić information content (AvgIpc) is 2.23. The van der Waals surface area contributed by atoms with E-state index < -0.39 is 42.0 Å². The molecule has 0 aliphatic carbocycles. The highest BCUT2D eigenvalue weighted by molar-refractivity contribution is 5.91. The maximum absolute atomic E-state index is 11.6. The highest BCUT2D eigenvalue weighted by Crippen LogP contribution is 1.95. The SMILES string of the molecule is C[C@H](N)C(=O)N[C@@H](C)C(=O)N[C@H](C(=O)O)[C@@H](C)O. The number of hydrogen-bond acceptors (Lipinski definition) is 5. The second-order valence-corrected chi connectivity index (χ2v) is 4.08. The minimum absolute atomic E-state index is 0.526. The van der Waals surface area contributed by atoms with Crippen LogP contribution in [0.2, 0.25) is 0 Å².